The first-order valence-corrected chi connectivity index (χ1v) is 24.2. The fourth-order valence-corrected chi connectivity index (χ4v) is 14.9. The Hall–Kier alpha value is 0.303. The average molecular weight is 841 g/mol. The molecule has 4 saturated carbocycles. The number of nitrogens with zero attached hydrogens (tertiary/aromatic N) is 2. The maximum atomic E-state index is 5.88. The summed E-state index contributed by atoms with van der Waals surface area (Å²) in [6.45, 7) is 29.8. The van der Waals surface area contributed by atoms with Gasteiger partial charge in [0.1, 0.15) is 0 Å². The molecule has 8 bridgehead atoms. The van der Waals surface area contributed by atoms with Crippen LogP contribution in [0.4, 0.5) is 0 Å². The summed E-state index contributed by atoms with van der Waals surface area (Å²) in [5.74, 6) is 7.88. The second-order valence-corrected chi connectivity index (χ2v) is 25.8. The zero-order valence-electron chi connectivity index (χ0n) is 38.6. The standard InChI is InChI=1S/C48H86N8.Zn/c1-45(2,3)25-13-17-29-33(21-25)41-49-37(29)54-42-35-23-27(47(7,8)9)15-19-31(35)39(51-42)56-44-36-24-28(48(10,11)12)16-20-32(36)40(52-44)55-43-34-22-26(46(4,5)6)14-18-30(34)38(50-43)53-41;/h25-44,49,52-56H,13-24H2,1-12H3;/q-2;+2. The quantitative estimate of drug-likeness (QED) is 0.136. The SMILES string of the molecule is CC(C)(C)C1CCC2C3[N-]C(NC4NC(NC5[N-]C(NC6NC(N3)C3CC(C(C)(C)C)CCC63)C3CC(C(C)(C)C)CCC53)C3CC(C(C)(C)C)CCC43)C2C1.[Zn+2]. The molecule has 0 aromatic carbocycles. The Labute approximate surface area is 362 Å². The van der Waals surface area contributed by atoms with Crippen LogP contribution in [0.25, 0.3) is 10.6 Å². The minimum atomic E-state index is 0. The molecule has 8 nitrogen and oxygen atoms in total. The van der Waals surface area contributed by atoms with E-state index in [-0.39, 0.29) is 56.5 Å². The van der Waals surface area contributed by atoms with Crippen molar-refractivity contribution in [2.45, 2.75) is 209 Å². The van der Waals surface area contributed by atoms with E-state index in [4.69, 9.17) is 10.6 Å². The maximum Gasteiger partial charge on any atom is 2.00 e. The van der Waals surface area contributed by atoms with Crippen molar-refractivity contribution in [1.29, 1.82) is 0 Å². The van der Waals surface area contributed by atoms with Gasteiger partial charge >= 0.3 is 19.5 Å². The molecular weight excluding hydrogens is 754 g/mol. The van der Waals surface area contributed by atoms with Gasteiger partial charge in [-0.05, 0) is 157 Å². The molecule has 6 N–H and O–H groups in total. The Morgan fingerprint density at radius 3 is 0.842 bits per heavy atom. The van der Waals surface area contributed by atoms with E-state index in [1.165, 1.54) is 77.0 Å². The summed E-state index contributed by atoms with van der Waals surface area (Å²) in [5.41, 5.74) is 1.35. The number of hydrogen-bond donors (Lipinski definition) is 6. The van der Waals surface area contributed by atoms with E-state index in [0.29, 0.717) is 81.3 Å². The number of fused-ring (bicyclic) bond motifs is 20. The molecule has 9 fully saturated rings. The van der Waals surface area contributed by atoms with Gasteiger partial charge in [-0.25, -0.2) is 0 Å². The second-order valence-electron chi connectivity index (χ2n) is 25.8. The molecule has 0 amide bonds. The molecule has 9 aliphatic rings. The molecule has 9 rings (SSSR count). The predicted molar refractivity (Wildman–Crippen MR) is 231 cm³/mol. The van der Waals surface area contributed by atoms with E-state index in [9.17, 15) is 0 Å². The normalized spacial score (nSPS) is 50.3. The Morgan fingerprint density at radius 1 is 0.298 bits per heavy atom. The third-order valence-corrected chi connectivity index (χ3v) is 18.8. The van der Waals surface area contributed by atoms with Gasteiger partial charge in [0, 0.05) is 0 Å². The van der Waals surface area contributed by atoms with Crippen LogP contribution < -0.4 is 31.9 Å². The van der Waals surface area contributed by atoms with Crippen LogP contribution in [0.1, 0.15) is 160 Å². The largest absolute Gasteiger partial charge is 2.00 e. The van der Waals surface area contributed by atoms with Crippen LogP contribution in [0.15, 0.2) is 0 Å². The van der Waals surface area contributed by atoms with Crippen molar-refractivity contribution in [2.75, 3.05) is 0 Å². The van der Waals surface area contributed by atoms with Crippen molar-refractivity contribution < 1.29 is 19.5 Å². The van der Waals surface area contributed by atoms with Gasteiger partial charge < -0.3 is 31.9 Å². The van der Waals surface area contributed by atoms with E-state index < -0.39 is 0 Å². The van der Waals surface area contributed by atoms with E-state index in [1.54, 1.807) is 0 Å². The van der Waals surface area contributed by atoms with Crippen molar-refractivity contribution in [2.24, 2.45) is 92.7 Å². The van der Waals surface area contributed by atoms with E-state index in [2.05, 4.69) is 115 Å². The van der Waals surface area contributed by atoms with Gasteiger partial charge in [-0.1, -0.05) is 121 Å². The Kier molecular flexibility index (Phi) is 12.2. The van der Waals surface area contributed by atoms with Crippen LogP contribution in [0.3, 0.4) is 0 Å². The molecule has 0 aromatic heterocycles. The Bertz CT molecular complexity index is 1190. The fourth-order valence-electron chi connectivity index (χ4n) is 14.9. The third-order valence-electron chi connectivity index (χ3n) is 18.8. The number of nitrogens with one attached hydrogen (secondary N) is 6. The smallest absolute Gasteiger partial charge is 0.632 e. The first kappa shape index (κ1) is 43.9. The van der Waals surface area contributed by atoms with E-state index in [1.807, 2.05) is 0 Å². The summed E-state index contributed by atoms with van der Waals surface area (Å²) in [7, 11) is 0. The maximum absolute atomic E-state index is 5.88. The molecule has 320 valence electrons. The van der Waals surface area contributed by atoms with Crippen molar-refractivity contribution in [3.05, 3.63) is 10.6 Å². The first-order chi connectivity index (χ1) is 26.2. The average Bonchev–Trinajstić information content (AvgIpc) is 3.84. The van der Waals surface area contributed by atoms with Gasteiger partial charge in [-0.3, -0.25) is 10.6 Å². The van der Waals surface area contributed by atoms with Gasteiger partial charge in [-0.2, -0.15) is 0 Å². The second kappa shape index (κ2) is 15.8. The van der Waals surface area contributed by atoms with Crippen molar-refractivity contribution >= 4 is 0 Å². The molecular formula is C48H86N8Zn. The summed E-state index contributed by atoms with van der Waals surface area (Å²) in [4.78, 5) is 0. The summed E-state index contributed by atoms with van der Waals surface area (Å²) in [6.07, 6.45) is 17.7. The molecule has 20 unspecified atom stereocenters. The van der Waals surface area contributed by atoms with E-state index in [0.717, 1.165) is 23.7 Å². The predicted octanol–water partition coefficient (Wildman–Crippen LogP) is 9.26. The Balaban J connectivity index is 0.00000455. The summed E-state index contributed by atoms with van der Waals surface area (Å²) < 4.78 is 0. The topological polar surface area (TPSA) is 100 Å². The molecule has 57 heavy (non-hydrogen) atoms. The van der Waals surface area contributed by atoms with Crippen LogP contribution in [0, 0.1) is 92.7 Å². The van der Waals surface area contributed by atoms with Gasteiger partial charge in [-0.15, -0.1) is 0 Å². The summed E-state index contributed by atoms with van der Waals surface area (Å²) in [5, 5.41) is 37.9. The van der Waals surface area contributed by atoms with Crippen molar-refractivity contribution in [3.8, 4) is 0 Å². The van der Waals surface area contributed by atoms with E-state index >= 15 is 0 Å². The summed E-state index contributed by atoms with van der Waals surface area (Å²) >= 11 is 0. The van der Waals surface area contributed by atoms with Crippen molar-refractivity contribution in [1.82, 2.24) is 31.9 Å². The van der Waals surface area contributed by atoms with Crippen LogP contribution in [0.5, 0.6) is 0 Å². The van der Waals surface area contributed by atoms with Crippen LogP contribution in [-0.4, -0.2) is 49.3 Å². The number of hydrogen-bond acceptors (Lipinski definition) is 6. The number of rotatable bonds is 0. The molecule has 4 aliphatic carbocycles. The molecule has 20 atom stereocenters. The third kappa shape index (κ3) is 8.43. The minimum absolute atomic E-state index is 0. The minimum Gasteiger partial charge on any atom is -0.632 e. The van der Waals surface area contributed by atoms with Crippen LogP contribution in [0.2, 0.25) is 0 Å². The molecule has 9 heteroatoms. The molecule has 5 saturated heterocycles. The van der Waals surface area contributed by atoms with Crippen LogP contribution >= 0.6 is 0 Å². The first-order valence-electron chi connectivity index (χ1n) is 24.2. The molecule has 5 aliphatic heterocycles. The van der Waals surface area contributed by atoms with Gasteiger partial charge in [0.15, 0.2) is 0 Å². The summed E-state index contributed by atoms with van der Waals surface area (Å²) in [6, 6.07) is 0. The van der Waals surface area contributed by atoms with Crippen LogP contribution in [-0.2, 0) is 19.5 Å². The molecule has 5 heterocycles. The van der Waals surface area contributed by atoms with Gasteiger partial charge in [0.2, 0.25) is 0 Å². The van der Waals surface area contributed by atoms with Crippen molar-refractivity contribution in [3.63, 3.8) is 0 Å². The molecule has 0 radical (unpaired) electrons. The fraction of sp³-hybridized carbons (Fsp3) is 1.00. The molecule has 0 aromatic rings. The van der Waals surface area contributed by atoms with Gasteiger partial charge in [0.05, 0.1) is 24.7 Å². The Morgan fingerprint density at radius 2 is 0.544 bits per heavy atom. The molecule has 0 spiro atoms. The monoisotopic (exact) mass is 839 g/mol. The zero-order valence-corrected chi connectivity index (χ0v) is 41.6. The van der Waals surface area contributed by atoms with Gasteiger partial charge in [0.25, 0.3) is 0 Å². The zero-order chi connectivity index (χ0) is 39.7.